The van der Waals surface area contributed by atoms with Gasteiger partial charge in [0.1, 0.15) is 10.7 Å². The topological polar surface area (TPSA) is 38.1 Å². The molecule has 0 atom stereocenters. The average molecular weight is 334 g/mol. The lowest BCUT2D eigenvalue weighted by Gasteiger charge is -2.20. The van der Waals surface area contributed by atoms with Crippen LogP contribution in [0, 0.1) is 0 Å². The number of thiophene rings is 1. The summed E-state index contributed by atoms with van der Waals surface area (Å²) < 4.78 is 1.95. The second kappa shape index (κ2) is 7.14. The van der Waals surface area contributed by atoms with Gasteiger partial charge in [0.2, 0.25) is 0 Å². The van der Waals surface area contributed by atoms with Crippen LogP contribution in [0.1, 0.15) is 49.9 Å². The van der Waals surface area contributed by atoms with E-state index >= 15 is 0 Å². The third kappa shape index (κ3) is 3.09. The second-order valence-corrected chi connectivity index (χ2v) is 7.38. The standard InChI is InChI=1S/C18H27N3OS/c1-4-8-15-19-17-16(13-9-7-10-14(13)23-17)18(22)21(15)12-11-20(5-2)6-3/h4-12H2,1-3H3. The Labute approximate surface area is 142 Å². The van der Waals surface area contributed by atoms with Crippen LogP contribution < -0.4 is 5.56 Å². The zero-order valence-corrected chi connectivity index (χ0v) is 15.3. The highest BCUT2D eigenvalue weighted by Crippen LogP contribution is 2.34. The van der Waals surface area contributed by atoms with E-state index in [-0.39, 0.29) is 5.56 Å². The fourth-order valence-corrected chi connectivity index (χ4v) is 4.82. The molecule has 2 aromatic heterocycles. The Kier molecular flexibility index (Phi) is 5.17. The van der Waals surface area contributed by atoms with E-state index in [0.717, 1.165) is 67.9 Å². The van der Waals surface area contributed by atoms with E-state index in [0.29, 0.717) is 0 Å². The summed E-state index contributed by atoms with van der Waals surface area (Å²) in [6.07, 6.45) is 5.26. The molecule has 0 saturated carbocycles. The Morgan fingerprint density at radius 3 is 2.70 bits per heavy atom. The van der Waals surface area contributed by atoms with Crippen LogP contribution in [0.3, 0.4) is 0 Å². The molecule has 0 fully saturated rings. The Morgan fingerprint density at radius 2 is 2.00 bits per heavy atom. The first-order chi connectivity index (χ1) is 11.2. The van der Waals surface area contributed by atoms with Gasteiger partial charge in [-0.05, 0) is 44.3 Å². The van der Waals surface area contributed by atoms with Crippen LogP contribution in [0.15, 0.2) is 4.79 Å². The smallest absolute Gasteiger partial charge is 0.262 e. The molecule has 0 N–H and O–H groups in total. The molecule has 0 saturated heterocycles. The molecule has 0 aromatic carbocycles. The molecule has 0 radical (unpaired) electrons. The number of hydrogen-bond acceptors (Lipinski definition) is 4. The number of hydrogen-bond donors (Lipinski definition) is 0. The quantitative estimate of drug-likeness (QED) is 0.781. The summed E-state index contributed by atoms with van der Waals surface area (Å²) >= 11 is 1.75. The van der Waals surface area contributed by atoms with Crippen molar-refractivity contribution in [3.63, 3.8) is 0 Å². The molecule has 4 nitrogen and oxygen atoms in total. The van der Waals surface area contributed by atoms with Gasteiger partial charge in [0.15, 0.2) is 0 Å². The minimum atomic E-state index is 0.199. The Hall–Kier alpha value is -1.20. The SMILES string of the molecule is CCCc1nc2sc3c(c2c(=O)n1CCN(CC)CC)CCC3. The van der Waals surface area contributed by atoms with Crippen molar-refractivity contribution in [2.75, 3.05) is 19.6 Å². The van der Waals surface area contributed by atoms with Crippen LogP contribution in [-0.2, 0) is 25.8 Å². The van der Waals surface area contributed by atoms with Gasteiger partial charge in [-0.1, -0.05) is 20.8 Å². The monoisotopic (exact) mass is 333 g/mol. The van der Waals surface area contributed by atoms with Crippen LogP contribution in [0.2, 0.25) is 0 Å². The maximum absolute atomic E-state index is 13.1. The minimum Gasteiger partial charge on any atom is -0.302 e. The fourth-order valence-electron chi connectivity index (χ4n) is 3.55. The van der Waals surface area contributed by atoms with Gasteiger partial charge in [-0.2, -0.15) is 0 Å². The van der Waals surface area contributed by atoms with Crippen LogP contribution in [0.5, 0.6) is 0 Å². The molecule has 0 bridgehead atoms. The Bertz CT molecular complexity index is 743. The summed E-state index contributed by atoms with van der Waals surface area (Å²) in [5.41, 5.74) is 1.49. The van der Waals surface area contributed by atoms with E-state index in [2.05, 4.69) is 25.7 Å². The number of rotatable bonds is 7. The van der Waals surface area contributed by atoms with Gasteiger partial charge in [0.25, 0.3) is 5.56 Å². The highest BCUT2D eigenvalue weighted by Gasteiger charge is 2.23. The van der Waals surface area contributed by atoms with Crippen molar-refractivity contribution in [3.05, 3.63) is 26.6 Å². The largest absolute Gasteiger partial charge is 0.302 e. The molecule has 126 valence electrons. The first-order valence-corrected chi connectivity index (χ1v) is 9.77. The average Bonchev–Trinajstić information content (AvgIpc) is 3.11. The molecule has 1 aliphatic carbocycles. The van der Waals surface area contributed by atoms with Crippen molar-refractivity contribution in [1.82, 2.24) is 14.5 Å². The Balaban J connectivity index is 2.04. The van der Waals surface area contributed by atoms with E-state index in [1.165, 1.54) is 16.9 Å². The van der Waals surface area contributed by atoms with E-state index in [1.807, 2.05) is 4.57 Å². The van der Waals surface area contributed by atoms with Gasteiger partial charge in [-0.15, -0.1) is 11.3 Å². The Morgan fingerprint density at radius 1 is 1.22 bits per heavy atom. The van der Waals surface area contributed by atoms with Crippen molar-refractivity contribution < 1.29 is 0 Å². The van der Waals surface area contributed by atoms with Crippen molar-refractivity contribution in [1.29, 1.82) is 0 Å². The van der Waals surface area contributed by atoms with Gasteiger partial charge >= 0.3 is 0 Å². The minimum absolute atomic E-state index is 0.199. The summed E-state index contributed by atoms with van der Waals surface area (Å²) in [5.74, 6) is 0.970. The lowest BCUT2D eigenvalue weighted by Crippen LogP contribution is -2.33. The van der Waals surface area contributed by atoms with E-state index in [9.17, 15) is 4.79 Å². The van der Waals surface area contributed by atoms with E-state index < -0.39 is 0 Å². The number of likely N-dealkylation sites (N-methyl/N-ethyl adjacent to an activating group) is 1. The summed E-state index contributed by atoms with van der Waals surface area (Å²) in [6, 6.07) is 0. The van der Waals surface area contributed by atoms with Crippen LogP contribution in [0.25, 0.3) is 10.2 Å². The molecule has 0 unspecified atom stereocenters. The lowest BCUT2D eigenvalue weighted by molar-refractivity contribution is 0.287. The van der Waals surface area contributed by atoms with E-state index in [1.54, 1.807) is 11.3 Å². The van der Waals surface area contributed by atoms with Crippen LogP contribution in [-0.4, -0.2) is 34.1 Å². The summed E-state index contributed by atoms with van der Waals surface area (Å²) in [7, 11) is 0. The molecular formula is C18H27N3OS. The van der Waals surface area contributed by atoms with Crippen LogP contribution in [0.4, 0.5) is 0 Å². The van der Waals surface area contributed by atoms with Gasteiger partial charge < -0.3 is 4.90 Å². The lowest BCUT2D eigenvalue weighted by atomic mass is 10.2. The third-order valence-corrected chi connectivity index (χ3v) is 6.10. The van der Waals surface area contributed by atoms with Crippen molar-refractivity contribution in [2.45, 2.75) is 59.4 Å². The summed E-state index contributed by atoms with van der Waals surface area (Å²) in [5, 5.41) is 0.918. The molecule has 0 aliphatic heterocycles. The molecule has 1 aliphatic rings. The van der Waals surface area contributed by atoms with Gasteiger partial charge in [-0.3, -0.25) is 9.36 Å². The number of aryl methyl sites for hydroxylation is 3. The third-order valence-electron chi connectivity index (χ3n) is 4.91. The molecule has 3 rings (SSSR count). The number of nitrogens with zero attached hydrogens (tertiary/aromatic N) is 3. The second-order valence-electron chi connectivity index (χ2n) is 6.30. The maximum Gasteiger partial charge on any atom is 0.262 e. The molecular weight excluding hydrogens is 306 g/mol. The van der Waals surface area contributed by atoms with Gasteiger partial charge in [-0.25, -0.2) is 4.98 Å². The molecule has 5 heteroatoms. The zero-order valence-electron chi connectivity index (χ0n) is 14.5. The van der Waals surface area contributed by atoms with Crippen molar-refractivity contribution >= 4 is 21.6 Å². The molecule has 2 aromatic rings. The molecule has 2 heterocycles. The predicted octanol–water partition coefficient (Wildman–Crippen LogP) is 3.24. The zero-order chi connectivity index (χ0) is 16.4. The molecule has 23 heavy (non-hydrogen) atoms. The predicted molar refractivity (Wildman–Crippen MR) is 97.7 cm³/mol. The molecule has 0 amide bonds. The van der Waals surface area contributed by atoms with E-state index in [4.69, 9.17) is 4.98 Å². The van der Waals surface area contributed by atoms with Gasteiger partial charge in [0.05, 0.1) is 5.39 Å². The molecule has 0 spiro atoms. The highest BCUT2D eigenvalue weighted by atomic mass is 32.1. The fraction of sp³-hybridized carbons (Fsp3) is 0.667. The van der Waals surface area contributed by atoms with Crippen molar-refractivity contribution in [2.24, 2.45) is 0 Å². The maximum atomic E-state index is 13.1. The van der Waals surface area contributed by atoms with Crippen LogP contribution >= 0.6 is 11.3 Å². The summed E-state index contributed by atoms with van der Waals surface area (Å²) in [4.78, 5) is 22.8. The normalized spacial score (nSPS) is 14.1. The first kappa shape index (κ1) is 16.7. The first-order valence-electron chi connectivity index (χ1n) is 8.95. The summed E-state index contributed by atoms with van der Waals surface area (Å²) in [6.45, 7) is 10.2. The number of aromatic nitrogens is 2. The van der Waals surface area contributed by atoms with Crippen molar-refractivity contribution in [3.8, 4) is 0 Å². The van der Waals surface area contributed by atoms with Gasteiger partial charge in [0, 0.05) is 24.4 Å². The highest BCUT2D eigenvalue weighted by molar-refractivity contribution is 7.18. The number of fused-ring (bicyclic) bond motifs is 3.